The zero-order chi connectivity index (χ0) is 16.1. The van der Waals surface area contributed by atoms with E-state index >= 15 is 0 Å². The molecular weight excluding hydrogens is 282 g/mol. The van der Waals surface area contributed by atoms with Crippen LogP contribution in [0.25, 0.3) is 0 Å². The van der Waals surface area contributed by atoms with Gasteiger partial charge in [-0.05, 0) is 44.4 Å². The lowest BCUT2D eigenvalue weighted by Crippen LogP contribution is -2.49. The van der Waals surface area contributed by atoms with Crippen molar-refractivity contribution in [2.24, 2.45) is 5.92 Å². The van der Waals surface area contributed by atoms with Gasteiger partial charge in [0, 0.05) is 12.6 Å². The Hall–Kier alpha value is -2.04. The van der Waals surface area contributed by atoms with Crippen LogP contribution >= 0.6 is 0 Å². The number of hydrogen-bond donors (Lipinski definition) is 1. The molecular formula is C17H23NO4. The Balaban J connectivity index is 2.00. The number of likely N-dealkylation sites (tertiary alicyclic amines) is 1. The van der Waals surface area contributed by atoms with E-state index in [-0.39, 0.29) is 11.9 Å². The number of carboxylic acid groups (broad SMARTS) is 1. The summed E-state index contributed by atoms with van der Waals surface area (Å²) in [6.07, 6.45) is 1.68. The van der Waals surface area contributed by atoms with Crippen LogP contribution in [-0.4, -0.2) is 41.1 Å². The number of amides is 1. The van der Waals surface area contributed by atoms with Crippen LogP contribution in [0.3, 0.4) is 0 Å². The summed E-state index contributed by atoms with van der Waals surface area (Å²) in [6.45, 7) is 5.00. The van der Waals surface area contributed by atoms with E-state index in [0.717, 1.165) is 17.7 Å². The highest BCUT2D eigenvalue weighted by Gasteiger charge is 2.35. The lowest BCUT2D eigenvalue weighted by molar-refractivity contribution is -0.148. The monoisotopic (exact) mass is 305 g/mol. The summed E-state index contributed by atoms with van der Waals surface area (Å²) in [5.41, 5.74) is 0.915. The van der Waals surface area contributed by atoms with E-state index in [0.29, 0.717) is 26.0 Å². The van der Waals surface area contributed by atoms with Crippen molar-refractivity contribution in [2.45, 2.75) is 39.2 Å². The number of ether oxygens (including phenoxy) is 1. The number of rotatable bonds is 5. The summed E-state index contributed by atoms with van der Waals surface area (Å²) >= 11 is 0. The largest absolute Gasteiger partial charge is 0.494 e. The molecule has 1 fully saturated rings. The minimum absolute atomic E-state index is 0.0115. The highest BCUT2D eigenvalue weighted by atomic mass is 16.5. The van der Waals surface area contributed by atoms with Crippen molar-refractivity contribution in [1.29, 1.82) is 0 Å². The fourth-order valence-electron chi connectivity index (χ4n) is 2.97. The molecule has 0 saturated carbocycles. The Labute approximate surface area is 130 Å². The van der Waals surface area contributed by atoms with Crippen LogP contribution < -0.4 is 4.74 Å². The number of nitrogens with zero attached hydrogens (tertiary/aromatic N) is 1. The van der Waals surface area contributed by atoms with E-state index in [2.05, 4.69) is 0 Å². The first kappa shape index (κ1) is 16.3. The van der Waals surface area contributed by atoms with Gasteiger partial charge in [0.15, 0.2) is 0 Å². The maximum absolute atomic E-state index is 12.5. The highest BCUT2D eigenvalue weighted by molar-refractivity contribution is 5.80. The van der Waals surface area contributed by atoms with Crippen molar-refractivity contribution >= 4 is 11.9 Å². The zero-order valence-electron chi connectivity index (χ0n) is 13.1. The molecule has 1 heterocycles. The van der Waals surface area contributed by atoms with Crippen molar-refractivity contribution in [3.05, 3.63) is 29.8 Å². The standard InChI is InChI=1S/C17H23NO4/c1-3-22-14-8-6-13(7-9-14)11-16(19)18-10-4-5-15(12(18)2)17(20)21/h6-9,12,15H,3-5,10-11H2,1-2H3,(H,20,21)/t12-,15-/m0/s1. The first-order valence-corrected chi connectivity index (χ1v) is 7.77. The maximum Gasteiger partial charge on any atom is 0.308 e. The molecule has 1 aliphatic rings. The first-order chi connectivity index (χ1) is 10.5. The van der Waals surface area contributed by atoms with Gasteiger partial charge in [-0.2, -0.15) is 0 Å². The van der Waals surface area contributed by atoms with E-state index < -0.39 is 11.9 Å². The molecule has 0 aromatic heterocycles. The Morgan fingerprint density at radius 1 is 1.32 bits per heavy atom. The lowest BCUT2D eigenvalue weighted by atomic mass is 9.90. The molecule has 0 spiro atoms. The van der Waals surface area contributed by atoms with Crippen LogP contribution in [0.2, 0.25) is 0 Å². The molecule has 0 bridgehead atoms. The number of carboxylic acids is 1. The van der Waals surface area contributed by atoms with Crippen LogP contribution in [-0.2, 0) is 16.0 Å². The number of carbonyl (C=O) groups is 2. The van der Waals surface area contributed by atoms with Gasteiger partial charge in [0.2, 0.25) is 5.91 Å². The lowest BCUT2D eigenvalue weighted by Gasteiger charge is -2.37. The Morgan fingerprint density at radius 2 is 2.00 bits per heavy atom. The van der Waals surface area contributed by atoms with Crippen LogP contribution in [0.5, 0.6) is 5.75 Å². The predicted molar refractivity (Wildman–Crippen MR) is 82.8 cm³/mol. The minimum Gasteiger partial charge on any atom is -0.494 e. The molecule has 1 aromatic rings. The predicted octanol–water partition coefficient (Wildman–Crippen LogP) is 2.34. The summed E-state index contributed by atoms with van der Waals surface area (Å²) < 4.78 is 5.38. The van der Waals surface area contributed by atoms with Crippen LogP contribution in [0.1, 0.15) is 32.3 Å². The molecule has 0 aliphatic carbocycles. The molecule has 5 nitrogen and oxygen atoms in total. The number of piperidine rings is 1. The van der Waals surface area contributed by atoms with Gasteiger partial charge in [0.25, 0.3) is 0 Å². The average Bonchev–Trinajstić information content (AvgIpc) is 2.49. The summed E-state index contributed by atoms with van der Waals surface area (Å²) in [7, 11) is 0. The van der Waals surface area contributed by atoms with Crippen molar-refractivity contribution in [1.82, 2.24) is 4.90 Å². The van der Waals surface area contributed by atoms with Gasteiger partial charge in [0.1, 0.15) is 5.75 Å². The molecule has 1 amide bonds. The third kappa shape index (κ3) is 3.78. The quantitative estimate of drug-likeness (QED) is 0.906. The molecule has 120 valence electrons. The minimum atomic E-state index is -0.814. The third-order valence-corrected chi connectivity index (χ3v) is 4.22. The molecule has 1 N–H and O–H groups in total. The van der Waals surface area contributed by atoms with Crippen molar-refractivity contribution in [2.75, 3.05) is 13.2 Å². The van der Waals surface area contributed by atoms with Crippen LogP contribution in [0.4, 0.5) is 0 Å². The number of carbonyl (C=O) groups excluding carboxylic acids is 1. The van der Waals surface area contributed by atoms with E-state index in [1.54, 1.807) is 4.90 Å². The molecule has 1 aromatic carbocycles. The third-order valence-electron chi connectivity index (χ3n) is 4.22. The molecule has 5 heteroatoms. The summed E-state index contributed by atoms with van der Waals surface area (Å²) in [5, 5.41) is 9.23. The van der Waals surface area contributed by atoms with E-state index in [1.165, 1.54) is 0 Å². The number of hydrogen-bond acceptors (Lipinski definition) is 3. The van der Waals surface area contributed by atoms with Gasteiger partial charge in [-0.15, -0.1) is 0 Å². The van der Waals surface area contributed by atoms with Gasteiger partial charge in [-0.1, -0.05) is 12.1 Å². The van der Waals surface area contributed by atoms with Crippen molar-refractivity contribution < 1.29 is 19.4 Å². The fraction of sp³-hybridized carbons (Fsp3) is 0.529. The second kappa shape index (κ2) is 7.29. The van der Waals surface area contributed by atoms with Crippen LogP contribution in [0, 0.1) is 5.92 Å². The average molecular weight is 305 g/mol. The van der Waals surface area contributed by atoms with Crippen molar-refractivity contribution in [3.63, 3.8) is 0 Å². The van der Waals surface area contributed by atoms with Gasteiger partial charge in [0.05, 0.1) is 18.9 Å². The summed E-state index contributed by atoms with van der Waals surface area (Å²) in [4.78, 5) is 25.4. The SMILES string of the molecule is CCOc1ccc(CC(=O)N2CCC[C@H](C(=O)O)[C@@H]2C)cc1. The first-order valence-electron chi connectivity index (χ1n) is 7.77. The van der Waals surface area contributed by atoms with E-state index in [9.17, 15) is 14.7 Å². The second-order valence-electron chi connectivity index (χ2n) is 5.67. The van der Waals surface area contributed by atoms with E-state index in [1.807, 2.05) is 38.1 Å². The summed E-state index contributed by atoms with van der Waals surface area (Å²) in [6, 6.07) is 7.22. The van der Waals surface area contributed by atoms with Gasteiger partial charge >= 0.3 is 5.97 Å². The van der Waals surface area contributed by atoms with Crippen molar-refractivity contribution in [3.8, 4) is 5.75 Å². The molecule has 0 radical (unpaired) electrons. The Bertz CT molecular complexity index is 526. The number of benzene rings is 1. The topological polar surface area (TPSA) is 66.8 Å². The molecule has 1 aliphatic heterocycles. The fourth-order valence-corrected chi connectivity index (χ4v) is 2.97. The van der Waals surface area contributed by atoms with Gasteiger partial charge < -0.3 is 14.7 Å². The molecule has 1 saturated heterocycles. The van der Waals surface area contributed by atoms with Crippen LogP contribution in [0.15, 0.2) is 24.3 Å². The Kier molecular flexibility index (Phi) is 5.41. The molecule has 2 rings (SSSR count). The molecule has 2 atom stereocenters. The second-order valence-corrected chi connectivity index (χ2v) is 5.67. The van der Waals surface area contributed by atoms with E-state index in [4.69, 9.17) is 4.74 Å². The number of aliphatic carboxylic acids is 1. The zero-order valence-corrected chi connectivity index (χ0v) is 13.1. The van der Waals surface area contributed by atoms with Gasteiger partial charge in [-0.25, -0.2) is 0 Å². The molecule has 0 unspecified atom stereocenters. The maximum atomic E-state index is 12.5. The normalized spacial score (nSPS) is 21.5. The Morgan fingerprint density at radius 3 is 2.59 bits per heavy atom. The highest BCUT2D eigenvalue weighted by Crippen LogP contribution is 2.24. The molecule has 22 heavy (non-hydrogen) atoms. The summed E-state index contributed by atoms with van der Waals surface area (Å²) in [5.74, 6) is -0.498. The van der Waals surface area contributed by atoms with Gasteiger partial charge in [-0.3, -0.25) is 9.59 Å². The smallest absolute Gasteiger partial charge is 0.308 e.